The predicted octanol–water partition coefficient (Wildman–Crippen LogP) is 3.51. The van der Waals surface area contributed by atoms with E-state index < -0.39 is 6.10 Å². The molecule has 0 aliphatic carbocycles. The fourth-order valence-electron chi connectivity index (χ4n) is 2.29. The molecular weight excluding hydrogens is 322 g/mol. The zero-order valence-corrected chi connectivity index (χ0v) is 14.9. The topological polar surface area (TPSA) is 66.0 Å². The average molecular weight is 345 g/mol. The minimum atomic E-state index is -0.650. The molecule has 1 amide bonds. The third-order valence-corrected chi connectivity index (χ3v) is 3.65. The van der Waals surface area contributed by atoms with Crippen LogP contribution in [-0.4, -0.2) is 33.3 Å². The average Bonchev–Trinajstić information content (AvgIpc) is 2.65. The lowest BCUT2D eigenvalue weighted by atomic mass is 10.2. The molecule has 2 aromatic rings. The minimum absolute atomic E-state index is 0.267. The highest BCUT2D eigenvalue weighted by atomic mass is 16.5. The van der Waals surface area contributed by atoms with Crippen LogP contribution < -0.4 is 24.3 Å². The van der Waals surface area contributed by atoms with E-state index in [-0.39, 0.29) is 5.91 Å². The summed E-state index contributed by atoms with van der Waals surface area (Å²) in [5.74, 6) is 2.14. The summed E-state index contributed by atoms with van der Waals surface area (Å²) in [6.07, 6.45) is -0.141. The Hall–Kier alpha value is -2.89. The van der Waals surface area contributed by atoms with Gasteiger partial charge in [-0.25, -0.2) is 0 Å². The van der Waals surface area contributed by atoms with Gasteiger partial charge in [-0.3, -0.25) is 4.79 Å². The fourth-order valence-corrected chi connectivity index (χ4v) is 2.29. The second kappa shape index (κ2) is 8.82. The van der Waals surface area contributed by atoms with Crippen LogP contribution in [0.25, 0.3) is 0 Å². The number of anilines is 1. The largest absolute Gasteiger partial charge is 0.497 e. The highest BCUT2D eigenvalue weighted by Gasteiger charge is 2.20. The van der Waals surface area contributed by atoms with E-state index in [0.717, 1.165) is 0 Å². The van der Waals surface area contributed by atoms with Crippen molar-refractivity contribution in [3.05, 3.63) is 42.5 Å². The van der Waals surface area contributed by atoms with Crippen molar-refractivity contribution >= 4 is 11.6 Å². The third-order valence-electron chi connectivity index (χ3n) is 3.65. The molecule has 6 nitrogen and oxygen atoms in total. The lowest BCUT2D eigenvalue weighted by Gasteiger charge is -2.19. The number of rotatable bonds is 8. The summed E-state index contributed by atoms with van der Waals surface area (Å²) in [5, 5.41) is 2.84. The minimum Gasteiger partial charge on any atom is -0.497 e. The summed E-state index contributed by atoms with van der Waals surface area (Å²) >= 11 is 0. The van der Waals surface area contributed by atoms with Crippen molar-refractivity contribution in [1.82, 2.24) is 0 Å². The second-order valence-corrected chi connectivity index (χ2v) is 5.25. The smallest absolute Gasteiger partial charge is 0.265 e. The number of carbonyl (C=O) groups is 1. The zero-order valence-electron chi connectivity index (χ0n) is 14.9. The van der Waals surface area contributed by atoms with E-state index in [1.54, 1.807) is 51.7 Å². The van der Waals surface area contributed by atoms with Gasteiger partial charge in [0, 0.05) is 12.1 Å². The maximum Gasteiger partial charge on any atom is 0.265 e. The predicted molar refractivity (Wildman–Crippen MR) is 95.9 cm³/mol. The van der Waals surface area contributed by atoms with Gasteiger partial charge < -0.3 is 24.3 Å². The molecule has 0 fully saturated rings. The van der Waals surface area contributed by atoms with Gasteiger partial charge in [0.15, 0.2) is 6.10 Å². The molecular formula is C19H23NO5. The van der Waals surface area contributed by atoms with E-state index in [1.807, 2.05) is 19.1 Å². The number of ether oxygens (including phenoxy) is 4. The summed E-state index contributed by atoms with van der Waals surface area (Å²) < 4.78 is 21.4. The van der Waals surface area contributed by atoms with Crippen LogP contribution >= 0.6 is 0 Å². The standard InChI is InChI=1S/C19H23NO5/c1-5-17(25-15-8-6-7-13(11-15)22-2)19(21)20-16-12-14(23-3)9-10-18(16)24-4/h6-12,17H,5H2,1-4H3,(H,20,21)/t17-/m0/s1. The molecule has 0 radical (unpaired) electrons. The molecule has 0 saturated heterocycles. The first-order chi connectivity index (χ1) is 12.1. The van der Waals surface area contributed by atoms with Gasteiger partial charge in [-0.2, -0.15) is 0 Å². The van der Waals surface area contributed by atoms with Gasteiger partial charge in [-0.05, 0) is 30.7 Å². The molecule has 2 aromatic carbocycles. The first-order valence-electron chi connectivity index (χ1n) is 7.94. The van der Waals surface area contributed by atoms with Gasteiger partial charge in [0.25, 0.3) is 5.91 Å². The van der Waals surface area contributed by atoms with Crippen molar-refractivity contribution in [3.8, 4) is 23.0 Å². The van der Waals surface area contributed by atoms with Crippen LogP contribution in [0, 0.1) is 0 Å². The van der Waals surface area contributed by atoms with E-state index in [4.69, 9.17) is 18.9 Å². The summed E-state index contributed by atoms with van der Waals surface area (Å²) in [4.78, 5) is 12.6. The highest BCUT2D eigenvalue weighted by Crippen LogP contribution is 2.29. The Balaban J connectivity index is 2.14. The molecule has 0 saturated carbocycles. The van der Waals surface area contributed by atoms with E-state index >= 15 is 0 Å². The van der Waals surface area contributed by atoms with Crippen molar-refractivity contribution in [1.29, 1.82) is 0 Å². The number of amides is 1. The van der Waals surface area contributed by atoms with Gasteiger partial charge in [0.2, 0.25) is 0 Å². The van der Waals surface area contributed by atoms with Crippen LogP contribution in [0.3, 0.4) is 0 Å². The van der Waals surface area contributed by atoms with Crippen LogP contribution in [0.2, 0.25) is 0 Å². The quantitative estimate of drug-likeness (QED) is 0.793. The monoisotopic (exact) mass is 345 g/mol. The Morgan fingerprint density at radius 2 is 1.64 bits per heavy atom. The van der Waals surface area contributed by atoms with Crippen molar-refractivity contribution in [2.24, 2.45) is 0 Å². The second-order valence-electron chi connectivity index (χ2n) is 5.25. The summed E-state index contributed by atoms with van der Waals surface area (Å²) in [5.41, 5.74) is 0.527. The molecule has 0 heterocycles. The lowest BCUT2D eigenvalue weighted by molar-refractivity contribution is -0.122. The first-order valence-corrected chi connectivity index (χ1v) is 7.94. The van der Waals surface area contributed by atoms with Crippen LogP contribution in [0.1, 0.15) is 13.3 Å². The molecule has 0 aliphatic heterocycles. The van der Waals surface area contributed by atoms with E-state index in [2.05, 4.69) is 5.32 Å². The highest BCUT2D eigenvalue weighted by molar-refractivity contribution is 5.95. The summed E-state index contributed by atoms with van der Waals surface area (Å²) in [7, 11) is 4.69. The molecule has 0 bridgehead atoms. The van der Waals surface area contributed by atoms with Crippen molar-refractivity contribution < 1.29 is 23.7 Å². The van der Waals surface area contributed by atoms with Crippen LogP contribution in [0.5, 0.6) is 23.0 Å². The summed E-state index contributed by atoms with van der Waals surface area (Å²) in [6, 6.07) is 12.3. The SMILES string of the molecule is CC[C@H](Oc1cccc(OC)c1)C(=O)Nc1cc(OC)ccc1OC. The Kier molecular flexibility index (Phi) is 6.51. The number of methoxy groups -OCH3 is 3. The molecule has 1 N–H and O–H groups in total. The molecule has 25 heavy (non-hydrogen) atoms. The van der Waals surface area contributed by atoms with Crippen LogP contribution in [0.4, 0.5) is 5.69 Å². The van der Waals surface area contributed by atoms with Gasteiger partial charge in [-0.1, -0.05) is 13.0 Å². The molecule has 0 spiro atoms. The van der Waals surface area contributed by atoms with Gasteiger partial charge in [0.05, 0.1) is 27.0 Å². The van der Waals surface area contributed by atoms with Gasteiger partial charge in [0.1, 0.15) is 23.0 Å². The molecule has 0 unspecified atom stereocenters. The van der Waals surface area contributed by atoms with Crippen molar-refractivity contribution in [2.45, 2.75) is 19.4 Å². The number of hydrogen-bond donors (Lipinski definition) is 1. The number of carbonyl (C=O) groups excluding carboxylic acids is 1. The molecule has 0 aromatic heterocycles. The van der Waals surface area contributed by atoms with E-state index in [0.29, 0.717) is 35.1 Å². The van der Waals surface area contributed by atoms with Crippen LogP contribution in [-0.2, 0) is 4.79 Å². The first kappa shape index (κ1) is 18.4. The van der Waals surface area contributed by atoms with Gasteiger partial charge >= 0.3 is 0 Å². The number of nitrogens with one attached hydrogen (secondary N) is 1. The van der Waals surface area contributed by atoms with E-state index in [1.165, 1.54) is 0 Å². The zero-order chi connectivity index (χ0) is 18.2. The van der Waals surface area contributed by atoms with Gasteiger partial charge in [-0.15, -0.1) is 0 Å². The Morgan fingerprint density at radius 3 is 2.28 bits per heavy atom. The lowest BCUT2D eigenvalue weighted by Crippen LogP contribution is -2.32. The molecule has 0 aliphatic rings. The fraction of sp³-hybridized carbons (Fsp3) is 0.316. The van der Waals surface area contributed by atoms with Crippen molar-refractivity contribution in [2.75, 3.05) is 26.6 Å². The Bertz CT molecular complexity index is 717. The third kappa shape index (κ3) is 4.79. The number of hydrogen-bond acceptors (Lipinski definition) is 5. The molecule has 1 atom stereocenters. The van der Waals surface area contributed by atoms with Crippen molar-refractivity contribution in [3.63, 3.8) is 0 Å². The van der Waals surface area contributed by atoms with Crippen LogP contribution in [0.15, 0.2) is 42.5 Å². The molecule has 134 valence electrons. The molecule has 2 rings (SSSR count). The normalized spacial score (nSPS) is 11.4. The maximum atomic E-state index is 12.6. The Labute approximate surface area is 147 Å². The summed E-state index contributed by atoms with van der Waals surface area (Å²) in [6.45, 7) is 1.88. The number of benzene rings is 2. The molecule has 6 heteroatoms. The maximum absolute atomic E-state index is 12.6. The Morgan fingerprint density at radius 1 is 0.960 bits per heavy atom. The van der Waals surface area contributed by atoms with E-state index in [9.17, 15) is 4.79 Å².